The van der Waals surface area contributed by atoms with Gasteiger partial charge in [-0.25, -0.2) is 13.8 Å². The van der Waals surface area contributed by atoms with Crippen LogP contribution in [0.15, 0.2) is 6.33 Å². The summed E-state index contributed by atoms with van der Waals surface area (Å²) < 4.78 is 25.1. The summed E-state index contributed by atoms with van der Waals surface area (Å²) in [5, 5.41) is 2.63. The Morgan fingerprint density at radius 3 is 2.91 bits per heavy atom. The van der Waals surface area contributed by atoms with Gasteiger partial charge in [0.25, 0.3) is 0 Å². The third kappa shape index (κ3) is 2.38. The summed E-state index contributed by atoms with van der Waals surface area (Å²) in [6.45, 7) is 0.191. The van der Waals surface area contributed by atoms with Crippen LogP contribution in [0.3, 0.4) is 0 Å². The molecular formula is C5H7F2N3S. The number of nitrogens with one attached hydrogen (secondary N) is 1. The summed E-state index contributed by atoms with van der Waals surface area (Å²) in [5.41, 5.74) is 0. The number of hydrogen-bond donors (Lipinski definition) is 1. The Hall–Kier alpha value is -0.780. The zero-order valence-electron chi connectivity index (χ0n) is 5.63. The van der Waals surface area contributed by atoms with E-state index in [1.165, 1.54) is 11.0 Å². The highest BCUT2D eigenvalue weighted by molar-refractivity contribution is 7.71. The van der Waals surface area contributed by atoms with E-state index in [4.69, 9.17) is 12.2 Å². The van der Waals surface area contributed by atoms with Gasteiger partial charge in [-0.2, -0.15) is 0 Å². The fourth-order valence-electron chi connectivity index (χ4n) is 0.666. The molecule has 1 rings (SSSR count). The second-order valence-corrected chi connectivity index (χ2v) is 2.37. The summed E-state index contributed by atoms with van der Waals surface area (Å²) in [7, 11) is 0. The minimum Gasteiger partial charge on any atom is -0.286 e. The van der Waals surface area contributed by atoms with E-state index >= 15 is 0 Å². The Kier molecular flexibility index (Phi) is 2.70. The van der Waals surface area contributed by atoms with Gasteiger partial charge in [-0.1, -0.05) is 0 Å². The highest BCUT2D eigenvalue weighted by atomic mass is 32.1. The van der Waals surface area contributed by atoms with Crippen molar-refractivity contribution < 1.29 is 8.78 Å². The van der Waals surface area contributed by atoms with Crippen molar-refractivity contribution in [2.45, 2.75) is 19.4 Å². The van der Waals surface area contributed by atoms with E-state index in [1.54, 1.807) is 0 Å². The van der Waals surface area contributed by atoms with Gasteiger partial charge in [-0.15, -0.1) is 0 Å². The van der Waals surface area contributed by atoms with Gasteiger partial charge in [0.2, 0.25) is 11.2 Å². The van der Waals surface area contributed by atoms with Gasteiger partial charge in [0, 0.05) is 13.0 Å². The molecule has 1 aromatic heterocycles. The molecule has 0 saturated heterocycles. The smallest absolute Gasteiger partial charge is 0.240 e. The molecule has 0 fully saturated rings. The molecule has 0 atom stereocenters. The van der Waals surface area contributed by atoms with Crippen LogP contribution in [0.1, 0.15) is 6.42 Å². The number of H-pyrrole nitrogens is 1. The molecule has 3 nitrogen and oxygen atoms in total. The Morgan fingerprint density at radius 2 is 2.45 bits per heavy atom. The van der Waals surface area contributed by atoms with Crippen molar-refractivity contribution in [1.29, 1.82) is 0 Å². The highest BCUT2D eigenvalue weighted by Crippen LogP contribution is 2.00. The van der Waals surface area contributed by atoms with Crippen molar-refractivity contribution in [2.75, 3.05) is 0 Å². The van der Waals surface area contributed by atoms with Crippen LogP contribution in [0.25, 0.3) is 0 Å². The molecule has 0 saturated carbocycles. The summed E-state index contributed by atoms with van der Waals surface area (Å²) in [4.78, 5) is 3.67. The molecule has 0 aliphatic rings. The predicted molar refractivity (Wildman–Crippen MR) is 38.0 cm³/mol. The fraction of sp³-hybridized carbons (Fsp3) is 0.600. The second kappa shape index (κ2) is 3.56. The lowest BCUT2D eigenvalue weighted by Gasteiger charge is -1.99. The molecule has 0 radical (unpaired) electrons. The van der Waals surface area contributed by atoms with Gasteiger partial charge in [0.05, 0.1) is 0 Å². The van der Waals surface area contributed by atoms with Crippen LogP contribution in [0.4, 0.5) is 8.78 Å². The van der Waals surface area contributed by atoms with Crippen molar-refractivity contribution >= 4 is 12.2 Å². The first-order valence-corrected chi connectivity index (χ1v) is 3.49. The average molecular weight is 179 g/mol. The topological polar surface area (TPSA) is 33.6 Å². The van der Waals surface area contributed by atoms with Gasteiger partial charge in [-0.3, -0.25) is 9.78 Å². The van der Waals surface area contributed by atoms with E-state index in [9.17, 15) is 8.78 Å². The standard InChI is InChI=1S/C5H7F2N3S/c6-4(7)1-2-10-5(11)8-3-9-10/h3-4H,1-2H2,(H,8,9,11). The van der Waals surface area contributed by atoms with Crippen LogP contribution in [-0.2, 0) is 6.54 Å². The van der Waals surface area contributed by atoms with Gasteiger partial charge in [0.1, 0.15) is 6.33 Å². The van der Waals surface area contributed by atoms with Gasteiger partial charge < -0.3 is 0 Å². The zero-order valence-corrected chi connectivity index (χ0v) is 6.44. The number of nitrogens with zero attached hydrogens (tertiary/aromatic N) is 2. The normalized spacial score (nSPS) is 10.8. The first-order chi connectivity index (χ1) is 5.20. The van der Waals surface area contributed by atoms with Crippen LogP contribution >= 0.6 is 12.2 Å². The van der Waals surface area contributed by atoms with E-state index in [0.717, 1.165) is 0 Å². The minimum atomic E-state index is -2.29. The lowest BCUT2D eigenvalue weighted by molar-refractivity contribution is 0.129. The molecule has 1 aromatic rings. The maximum atomic E-state index is 11.7. The summed E-state index contributed by atoms with van der Waals surface area (Å²) in [6, 6.07) is 0. The molecule has 0 aliphatic heterocycles. The molecule has 11 heavy (non-hydrogen) atoms. The zero-order chi connectivity index (χ0) is 8.27. The molecule has 62 valence electrons. The first-order valence-electron chi connectivity index (χ1n) is 3.08. The van der Waals surface area contributed by atoms with Crippen molar-refractivity contribution in [3.05, 3.63) is 11.1 Å². The molecule has 0 bridgehead atoms. The van der Waals surface area contributed by atoms with E-state index in [2.05, 4.69) is 10.1 Å². The lowest BCUT2D eigenvalue weighted by Crippen LogP contribution is -2.04. The number of aromatic amines is 1. The fourth-order valence-corrected chi connectivity index (χ4v) is 0.862. The predicted octanol–water partition coefficient (Wildman–Crippen LogP) is 1.60. The molecule has 1 heterocycles. The van der Waals surface area contributed by atoms with Crippen molar-refractivity contribution in [2.24, 2.45) is 0 Å². The molecule has 0 amide bonds. The Balaban J connectivity index is 2.51. The largest absolute Gasteiger partial charge is 0.286 e. The van der Waals surface area contributed by atoms with Crippen molar-refractivity contribution in [3.63, 3.8) is 0 Å². The van der Waals surface area contributed by atoms with Gasteiger partial charge >= 0.3 is 0 Å². The quantitative estimate of drug-likeness (QED) is 0.715. The molecule has 1 N–H and O–H groups in total. The van der Waals surface area contributed by atoms with E-state index < -0.39 is 6.43 Å². The van der Waals surface area contributed by atoms with Crippen molar-refractivity contribution in [3.8, 4) is 0 Å². The number of alkyl halides is 2. The maximum Gasteiger partial charge on any atom is 0.240 e. The molecule has 0 aromatic carbocycles. The Bertz CT molecular complexity index is 267. The molecule has 0 unspecified atom stereocenters. The third-order valence-corrected chi connectivity index (χ3v) is 1.52. The average Bonchev–Trinajstić information content (AvgIpc) is 2.31. The van der Waals surface area contributed by atoms with E-state index in [0.29, 0.717) is 4.77 Å². The number of halogens is 2. The summed E-state index contributed by atoms with van der Waals surface area (Å²) in [5.74, 6) is 0. The molecule has 0 spiro atoms. The van der Waals surface area contributed by atoms with Crippen LogP contribution in [0.2, 0.25) is 0 Å². The number of rotatable bonds is 3. The maximum absolute atomic E-state index is 11.7. The monoisotopic (exact) mass is 179 g/mol. The number of aryl methyl sites for hydroxylation is 1. The third-order valence-electron chi connectivity index (χ3n) is 1.19. The summed E-state index contributed by atoms with van der Waals surface area (Å²) >= 11 is 4.71. The van der Waals surface area contributed by atoms with Crippen LogP contribution < -0.4 is 0 Å². The SMILES string of the molecule is FC(F)CCn1[nH]cnc1=S. The van der Waals surface area contributed by atoms with E-state index in [1.807, 2.05) is 0 Å². The Morgan fingerprint density at radius 1 is 1.73 bits per heavy atom. The van der Waals surface area contributed by atoms with Crippen molar-refractivity contribution in [1.82, 2.24) is 14.8 Å². The highest BCUT2D eigenvalue weighted by Gasteiger charge is 2.02. The second-order valence-electron chi connectivity index (χ2n) is 2.00. The Labute approximate surface area is 67.0 Å². The van der Waals surface area contributed by atoms with Crippen LogP contribution in [-0.4, -0.2) is 21.2 Å². The van der Waals surface area contributed by atoms with Crippen LogP contribution in [0.5, 0.6) is 0 Å². The number of aromatic nitrogens is 3. The van der Waals surface area contributed by atoms with Gasteiger partial charge in [0.15, 0.2) is 0 Å². The molecular weight excluding hydrogens is 172 g/mol. The molecule has 0 aliphatic carbocycles. The van der Waals surface area contributed by atoms with E-state index in [-0.39, 0.29) is 13.0 Å². The van der Waals surface area contributed by atoms with Crippen LogP contribution in [0, 0.1) is 4.77 Å². The molecule has 6 heteroatoms. The minimum absolute atomic E-state index is 0.191. The summed E-state index contributed by atoms with van der Waals surface area (Å²) in [6.07, 6.45) is -1.11. The first kappa shape index (κ1) is 8.32. The lowest BCUT2D eigenvalue weighted by atomic mass is 10.4. The number of hydrogen-bond acceptors (Lipinski definition) is 2. The van der Waals surface area contributed by atoms with Gasteiger partial charge in [-0.05, 0) is 12.2 Å².